The molecule has 5 rings (SSSR count). The number of nitrogens with zero attached hydrogens (tertiary/aromatic N) is 4. The van der Waals surface area contributed by atoms with Crippen LogP contribution < -0.4 is 5.32 Å². The van der Waals surface area contributed by atoms with Crippen molar-refractivity contribution < 1.29 is 14.4 Å². The number of benzene rings is 1. The Morgan fingerprint density at radius 3 is 2.77 bits per heavy atom. The monoisotopic (exact) mass is 535 g/mol. The van der Waals surface area contributed by atoms with E-state index in [1.54, 1.807) is 11.1 Å². The summed E-state index contributed by atoms with van der Waals surface area (Å²) in [6.45, 7) is 7.60. The number of pyridine rings is 1. The third kappa shape index (κ3) is 4.36. The van der Waals surface area contributed by atoms with E-state index in [1.807, 2.05) is 46.9 Å². The summed E-state index contributed by atoms with van der Waals surface area (Å²) in [5.74, 6) is -0.320. The van der Waals surface area contributed by atoms with Crippen LogP contribution in [-0.4, -0.2) is 62.7 Å². The van der Waals surface area contributed by atoms with Gasteiger partial charge in [-0.3, -0.25) is 19.4 Å². The Bertz CT molecular complexity index is 1360. The van der Waals surface area contributed by atoms with Crippen molar-refractivity contribution in [2.24, 2.45) is 0 Å². The number of amides is 3. The van der Waals surface area contributed by atoms with Crippen LogP contribution in [0.1, 0.15) is 27.2 Å². The van der Waals surface area contributed by atoms with Gasteiger partial charge in [-0.1, -0.05) is 22.5 Å². The number of likely N-dealkylation sites (tertiary alicyclic amines) is 1. The molecular formula is C26H26BrN5O3. The maximum Gasteiger partial charge on any atom is 0.256 e. The van der Waals surface area contributed by atoms with Gasteiger partial charge in [-0.05, 0) is 54.8 Å². The van der Waals surface area contributed by atoms with Crippen molar-refractivity contribution in [3.05, 3.63) is 76.2 Å². The lowest BCUT2D eigenvalue weighted by atomic mass is 10.0. The van der Waals surface area contributed by atoms with E-state index in [2.05, 4.69) is 32.8 Å². The van der Waals surface area contributed by atoms with Crippen LogP contribution in [0.5, 0.6) is 0 Å². The molecule has 1 N–H and O–H groups in total. The zero-order chi connectivity index (χ0) is 24.7. The molecule has 0 bridgehead atoms. The molecule has 8 nitrogen and oxygen atoms in total. The second kappa shape index (κ2) is 9.30. The van der Waals surface area contributed by atoms with Crippen LogP contribution in [-0.2, 0) is 29.1 Å². The van der Waals surface area contributed by atoms with Crippen LogP contribution in [0.15, 0.2) is 53.8 Å². The van der Waals surface area contributed by atoms with Crippen LogP contribution in [0.3, 0.4) is 0 Å². The SMILES string of the molecule is C=CC(=O)N1CC(NC(=O)Cn2c(C)c(C(=O)N3CCc4cnccc4C3)c3cc(Br)ccc32)C1. The van der Waals surface area contributed by atoms with Gasteiger partial charge in [-0.25, -0.2) is 0 Å². The summed E-state index contributed by atoms with van der Waals surface area (Å²) in [6, 6.07) is 7.68. The van der Waals surface area contributed by atoms with E-state index in [0.29, 0.717) is 31.7 Å². The molecule has 0 saturated carbocycles. The van der Waals surface area contributed by atoms with E-state index in [1.165, 1.54) is 11.6 Å². The predicted molar refractivity (Wildman–Crippen MR) is 136 cm³/mol. The van der Waals surface area contributed by atoms with Gasteiger partial charge in [0.05, 0.1) is 11.6 Å². The van der Waals surface area contributed by atoms with Gasteiger partial charge in [0.15, 0.2) is 0 Å². The number of fused-ring (bicyclic) bond motifs is 2. The molecule has 2 aliphatic heterocycles. The van der Waals surface area contributed by atoms with E-state index >= 15 is 0 Å². The molecule has 9 heteroatoms. The molecule has 35 heavy (non-hydrogen) atoms. The summed E-state index contributed by atoms with van der Waals surface area (Å²) in [5, 5.41) is 3.81. The first-order valence-electron chi connectivity index (χ1n) is 11.6. The van der Waals surface area contributed by atoms with Crippen molar-refractivity contribution in [1.82, 2.24) is 24.7 Å². The Morgan fingerprint density at radius 2 is 2.00 bits per heavy atom. The first-order valence-corrected chi connectivity index (χ1v) is 12.3. The minimum Gasteiger partial charge on any atom is -0.348 e. The van der Waals surface area contributed by atoms with Gasteiger partial charge in [-0.2, -0.15) is 0 Å². The second-order valence-corrected chi connectivity index (χ2v) is 9.96. The predicted octanol–water partition coefficient (Wildman–Crippen LogP) is 2.82. The van der Waals surface area contributed by atoms with E-state index < -0.39 is 0 Å². The fraction of sp³-hybridized carbons (Fsp3) is 0.308. The van der Waals surface area contributed by atoms with Gasteiger partial charge in [-0.15, -0.1) is 0 Å². The average molecular weight is 536 g/mol. The molecular weight excluding hydrogens is 510 g/mol. The van der Waals surface area contributed by atoms with Crippen LogP contribution in [0, 0.1) is 6.92 Å². The summed E-state index contributed by atoms with van der Waals surface area (Å²) in [4.78, 5) is 46.0. The lowest BCUT2D eigenvalue weighted by Gasteiger charge is -2.38. The van der Waals surface area contributed by atoms with E-state index in [4.69, 9.17) is 0 Å². The Hall–Kier alpha value is -3.46. The highest BCUT2D eigenvalue weighted by atomic mass is 79.9. The number of nitrogens with one attached hydrogen (secondary N) is 1. The zero-order valence-electron chi connectivity index (χ0n) is 19.5. The third-order valence-electron chi connectivity index (χ3n) is 6.84. The Balaban J connectivity index is 1.39. The highest BCUT2D eigenvalue weighted by Gasteiger charge is 2.31. The van der Waals surface area contributed by atoms with Crippen molar-refractivity contribution >= 4 is 44.6 Å². The maximum atomic E-state index is 13.8. The molecule has 1 fully saturated rings. The van der Waals surface area contributed by atoms with Crippen molar-refractivity contribution in [1.29, 1.82) is 0 Å². The van der Waals surface area contributed by atoms with Crippen molar-refractivity contribution in [2.45, 2.75) is 32.5 Å². The van der Waals surface area contributed by atoms with Crippen molar-refractivity contribution in [2.75, 3.05) is 19.6 Å². The first-order chi connectivity index (χ1) is 16.9. The highest BCUT2D eigenvalue weighted by molar-refractivity contribution is 9.10. The van der Waals surface area contributed by atoms with Crippen LogP contribution in [0.25, 0.3) is 10.9 Å². The van der Waals surface area contributed by atoms with Crippen LogP contribution in [0.4, 0.5) is 0 Å². The summed E-state index contributed by atoms with van der Waals surface area (Å²) in [5.41, 5.74) is 4.52. The molecule has 2 aromatic heterocycles. The maximum absolute atomic E-state index is 13.8. The molecule has 3 amide bonds. The minimum atomic E-state index is -0.151. The highest BCUT2D eigenvalue weighted by Crippen LogP contribution is 2.31. The number of halogens is 1. The fourth-order valence-electron chi connectivity index (χ4n) is 4.93. The number of hydrogen-bond donors (Lipinski definition) is 1. The molecule has 2 aliphatic rings. The smallest absolute Gasteiger partial charge is 0.256 e. The van der Waals surface area contributed by atoms with Gasteiger partial charge >= 0.3 is 0 Å². The first kappa shape index (κ1) is 23.3. The standard InChI is InChI=1S/C26H26BrN5O3/c1-3-24(34)31-13-20(14-31)29-23(33)15-32-16(2)25(21-10-19(27)4-5-22(21)32)26(35)30-9-7-17-11-28-8-6-18(17)12-30/h3-6,8,10-11,20H,1,7,9,12-15H2,2H3,(H,29,33). The van der Waals surface area contributed by atoms with Gasteiger partial charge < -0.3 is 19.7 Å². The summed E-state index contributed by atoms with van der Waals surface area (Å²) in [6.07, 6.45) is 5.68. The number of carbonyl (C=O) groups excluding carboxylic acids is 3. The fourth-order valence-corrected chi connectivity index (χ4v) is 5.29. The number of rotatable bonds is 5. The Morgan fingerprint density at radius 1 is 1.20 bits per heavy atom. The van der Waals surface area contributed by atoms with Crippen molar-refractivity contribution in [3.63, 3.8) is 0 Å². The molecule has 0 atom stereocenters. The average Bonchev–Trinajstić information content (AvgIpc) is 3.10. The van der Waals surface area contributed by atoms with Gasteiger partial charge in [0.2, 0.25) is 11.8 Å². The lowest BCUT2D eigenvalue weighted by Crippen LogP contribution is -2.61. The largest absolute Gasteiger partial charge is 0.348 e. The third-order valence-corrected chi connectivity index (χ3v) is 7.33. The van der Waals surface area contributed by atoms with Crippen molar-refractivity contribution in [3.8, 4) is 0 Å². The van der Waals surface area contributed by atoms with E-state index in [-0.39, 0.29) is 30.3 Å². The topological polar surface area (TPSA) is 87.5 Å². The van der Waals surface area contributed by atoms with E-state index in [9.17, 15) is 14.4 Å². The Kier molecular flexibility index (Phi) is 6.19. The molecule has 0 unspecified atom stereocenters. The van der Waals surface area contributed by atoms with Gasteiger partial charge in [0, 0.05) is 59.6 Å². The molecule has 3 aromatic rings. The summed E-state index contributed by atoms with van der Waals surface area (Å²) < 4.78 is 2.77. The molecule has 0 radical (unpaired) electrons. The molecule has 0 spiro atoms. The van der Waals surface area contributed by atoms with Crippen LogP contribution >= 0.6 is 15.9 Å². The van der Waals surface area contributed by atoms with Gasteiger partial charge in [0.1, 0.15) is 6.54 Å². The Labute approximate surface area is 211 Å². The van der Waals surface area contributed by atoms with Crippen LogP contribution in [0.2, 0.25) is 0 Å². The number of carbonyl (C=O) groups is 3. The number of hydrogen-bond acceptors (Lipinski definition) is 4. The van der Waals surface area contributed by atoms with Gasteiger partial charge in [0.25, 0.3) is 5.91 Å². The minimum absolute atomic E-state index is 0.0372. The molecule has 180 valence electrons. The molecule has 1 aromatic carbocycles. The lowest BCUT2D eigenvalue weighted by molar-refractivity contribution is -0.133. The van der Waals surface area contributed by atoms with E-state index in [0.717, 1.165) is 33.1 Å². The quantitative estimate of drug-likeness (QED) is 0.509. The molecule has 4 heterocycles. The number of aromatic nitrogens is 2. The zero-order valence-corrected chi connectivity index (χ0v) is 21.0. The molecule has 1 saturated heterocycles. The second-order valence-electron chi connectivity index (χ2n) is 9.04. The molecule has 0 aliphatic carbocycles. The normalized spacial score (nSPS) is 15.5. The summed E-state index contributed by atoms with van der Waals surface area (Å²) in [7, 11) is 0. The summed E-state index contributed by atoms with van der Waals surface area (Å²) >= 11 is 3.53.